The highest BCUT2D eigenvalue weighted by Gasteiger charge is 2.28. The molecule has 1 aromatic carbocycles. The summed E-state index contributed by atoms with van der Waals surface area (Å²) in [5.74, 6) is 0.0486. The Morgan fingerprint density at radius 3 is 2.73 bits per heavy atom. The van der Waals surface area contributed by atoms with E-state index in [-0.39, 0.29) is 17.5 Å². The highest BCUT2D eigenvalue weighted by Crippen LogP contribution is 2.34. The lowest BCUT2D eigenvalue weighted by Gasteiger charge is -2.12. The third-order valence-corrected chi connectivity index (χ3v) is 5.07. The number of fused-ring (bicyclic) bond motifs is 3. The first-order chi connectivity index (χ1) is 12.5. The van der Waals surface area contributed by atoms with Crippen LogP contribution >= 0.6 is 0 Å². The van der Waals surface area contributed by atoms with Crippen molar-refractivity contribution >= 4 is 27.7 Å². The Bertz CT molecular complexity index is 1070. The lowest BCUT2D eigenvalue weighted by atomic mass is 10.1. The average Bonchev–Trinajstić information content (AvgIpc) is 3.25. The average molecular weight is 355 g/mol. The summed E-state index contributed by atoms with van der Waals surface area (Å²) in [7, 11) is 5.00. The van der Waals surface area contributed by atoms with Crippen molar-refractivity contribution in [3.8, 4) is 5.75 Å². The Kier molecular flexibility index (Phi) is 3.96. The Balaban J connectivity index is 2.01. The minimum atomic E-state index is -0.262. The minimum Gasteiger partial charge on any atom is -0.493 e. The number of amides is 1. The quantitative estimate of drug-likeness (QED) is 0.774. The van der Waals surface area contributed by atoms with Gasteiger partial charge in [0, 0.05) is 26.1 Å². The maximum atomic E-state index is 13.0. The first kappa shape index (κ1) is 16.7. The maximum absolute atomic E-state index is 13.0. The molecule has 0 bridgehead atoms. The van der Waals surface area contributed by atoms with Crippen molar-refractivity contribution in [2.75, 3.05) is 20.3 Å². The number of methoxy groups -OCH3 is 1. The molecule has 26 heavy (non-hydrogen) atoms. The Labute approximate surface area is 150 Å². The number of aromatic nitrogens is 2. The molecule has 0 radical (unpaired) electrons. The highest BCUT2D eigenvalue weighted by molar-refractivity contribution is 6.12. The van der Waals surface area contributed by atoms with Gasteiger partial charge in [-0.25, -0.2) is 0 Å². The van der Waals surface area contributed by atoms with Gasteiger partial charge in [-0.1, -0.05) is 18.2 Å². The second-order valence-corrected chi connectivity index (χ2v) is 6.58. The minimum absolute atomic E-state index is 0.0233. The fourth-order valence-corrected chi connectivity index (χ4v) is 3.77. The summed E-state index contributed by atoms with van der Waals surface area (Å²) < 4.78 is 14.2. The zero-order valence-corrected chi connectivity index (χ0v) is 15.0. The zero-order chi connectivity index (χ0) is 18.4. The molecule has 7 nitrogen and oxygen atoms in total. The summed E-state index contributed by atoms with van der Waals surface area (Å²) >= 11 is 0. The van der Waals surface area contributed by atoms with Gasteiger partial charge in [0.1, 0.15) is 5.39 Å². The number of pyridine rings is 1. The number of benzene rings is 1. The van der Waals surface area contributed by atoms with Crippen LogP contribution in [0.15, 0.2) is 29.1 Å². The molecular weight excluding hydrogens is 334 g/mol. The van der Waals surface area contributed by atoms with E-state index in [0.29, 0.717) is 35.6 Å². The van der Waals surface area contributed by atoms with E-state index >= 15 is 0 Å². The van der Waals surface area contributed by atoms with Crippen molar-refractivity contribution < 1.29 is 14.3 Å². The number of nitrogens with one attached hydrogen (secondary N) is 1. The second kappa shape index (κ2) is 6.17. The van der Waals surface area contributed by atoms with Crippen LogP contribution in [0.3, 0.4) is 0 Å². The van der Waals surface area contributed by atoms with Crippen molar-refractivity contribution in [2.45, 2.75) is 12.5 Å². The van der Waals surface area contributed by atoms with E-state index < -0.39 is 0 Å². The molecule has 3 heterocycles. The number of ether oxygens (including phenoxy) is 2. The monoisotopic (exact) mass is 355 g/mol. The molecular formula is C19H21N3O4. The normalized spacial score (nSPS) is 17.1. The lowest BCUT2D eigenvalue weighted by molar-refractivity contribution is 0.0919. The van der Waals surface area contributed by atoms with Gasteiger partial charge in [-0.2, -0.15) is 0 Å². The fraction of sp³-hybridized carbons (Fsp3) is 0.368. The molecule has 0 aliphatic carbocycles. The predicted molar refractivity (Wildman–Crippen MR) is 98.9 cm³/mol. The van der Waals surface area contributed by atoms with Gasteiger partial charge in [-0.3, -0.25) is 9.59 Å². The first-order valence-corrected chi connectivity index (χ1v) is 8.57. The Morgan fingerprint density at radius 1 is 1.27 bits per heavy atom. The molecule has 3 aromatic rings. The van der Waals surface area contributed by atoms with Gasteiger partial charge in [-0.15, -0.1) is 0 Å². The summed E-state index contributed by atoms with van der Waals surface area (Å²) in [6.45, 7) is 1.14. The molecule has 1 N–H and O–H groups in total. The molecule has 0 saturated carbocycles. The summed E-state index contributed by atoms with van der Waals surface area (Å²) in [6, 6.07) is 7.63. The number of aryl methyl sites for hydroxylation is 2. The van der Waals surface area contributed by atoms with Gasteiger partial charge < -0.3 is 23.9 Å². The van der Waals surface area contributed by atoms with Gasteiger partial charge in [0.2, 0.25) is 0 Å². The highest BCUT2D eigenvalue weighted by atomic mass is 16.5. The van der Waals surface area contributed by atoms with E-state index in [1.54, 1.807) is 23.2 Å². The fourth-order valence-electron chi connectivity index (χ4n) is 3.77. The van der Waals surface area contributed by atoms with E-state index in [1.165, 1.54) is 7.11 Å². The zero-order valence-electron chi connectivity index (χ0n) is 15.0. The molecule has 7 heteroatoms. The Hall–Kier alpha value is -2.80. The van der Waals surface area contributed by atoms with E-state index in [0.717, 1.165) is 17.3 Å². The summed E-state index contributed by atoms with van der Waals surface area (Å²) in [5.41, 5.74) is 1.68. The molecule has 2 aromatic heterocycles. The summed E-state index contributed by atoms with van der Waals surface area (Å²) in [5, 5.41) is 4.30. The Morgan fingerprint density at radius 2 is 2.04 bits per heavy atom. The van der Waals surface area contributed by atoms with Crippen LogP contribution in [-0.4, -0.2) is 41.4 Å². The molecule has 0 spiro atoms. The van der Waals surface area contributed by atoms with Gasteiger partial charge in [0.15, 0.2) is 11.4 Å². The largest absolute Gasteiger partial charge is 0.493 e. The second-order valence-electron chi connectivity index (χ2n) is 6.58. The number of para-hydroxylation sites is 1. The smallest absolute Gasteiger partial charge is 0.272 e. The molecule has 136 valence electrons. The molecule has 1 aliphatic heterocycles. The number of carbonyl (C=O) groups is 1. The molecule has 1 amide bonds. The first-order valence-electron chi connectivity index (χ1n) is 8.57. The van der Waals surface area contributed by atoms with Crippen molar-refractivity contribution in [3.63, 3.8) is 0 Å². The topological polar surface area (TPSA) is 74.5 Å². The molecule has 1 aliphatic rings. The van der Waals surface area contributed by atoms with Crippen LogP contribution in [-0.2, 0) is 18.8 Å². The number of hydrogen-bond donors (Lipinski definition) is 1. The molecule has 1 saturated heterocycles. The van der Waals surface area contributed by atoms with Crippen molar-refractivity contribution in [3.05, 3.63) is 40.3 Å². The van der Waals surface area contributed by atoms with E-state index in [4.69, 9.17) is 9.47 Å². The summed E-state index contributed by atoms with van der Waals surface area (Å²) in [6.07, 6.45) is 0.780. The SMILES string of the molecule is COc1c(C(=O)NC2CCOC2)n(C)c2c1c(=O)n(C)c1ccccc21. The van der Waals surface area contributed by atoms with Crippen molar-refractivity contribution in [1.29, 1.82) is 0 Å². The maximum Gasteiger partial charge on any atom is 0.272 e. The molecule has 1 atom stereocenters. The van der Waals surface area contributed by atoms with Crippen LogP contribution in [0.2, 0.25) is 0 Å². The molecule has 1 unspecified atom stereocenters. The standard InChI is InChI=1S/C19H21N3O4/c1-21-13-7-5-4-6-12(13)15-14(19(21)24)17(25-3)16(22(15)2)18(23)20-11-8-9-26-10-11/h4-7,11H,8-10H2,1-3H3,(H,20,23). The molecule has 1 fully saturated rings. The van der Waals surface area contributed by atoms with E-state index in [2.05, 4.69) is 5.32 Å². The lowest BCUT2D eigenvalue weighted by Crippen LogP contribution is -2.36. The van der Waals surface area contributed by atoms with Crippen LogP contribution < -0.4 is 15.6 Å². The molecule has 4 rings (SSSR count). The number of rotatable bonds is 3. The van der Waals surface area contributed by atoms with Crippen LogP contribution in [0.25, 0.3) is 21.8 Å². The number of carbonyl (C=O) groups excluding carboxylic acids is 1. The summed E-state index contributed by atoms with van der Waals surface area (Å²) in [4.78, 5) is 25.9. The van der Waals surface area contributed by atoms with Crippen LogP contribution in [0.1, 0.15) is 16.9 Å². The van der Waals surface area contributed by atoms with Crippen molar-refractivity contribution in [1.82, 2.24) is 14.5 Å². The van der Waals surface area contributed by atoms with E-state index in [1.807, 2.05) is 24.3 Å². The number of nitrogens with zero attached hydrogens (tertiary/aromatic N) is 2. The number of hydrogen-bond acceptors (Lipinski definition) is 4. The third kappa shape index (κ3) is 2.31. The van der Waals surface area contributed by atoms with Gasteiger partial charge in [0.25, 0.3) is 11.5 Å². The predicted octanol–water partition coefficient (Wildman–Crippen LogP) is 1.56. The van der Waals surface area contributed by atoms with Gasteiger partial charge in [0.05, 0.1) is 30.8 Å². The van der Waals surface area contributed by atoms with Crippen molar-refractivity contribution in [2.24, 2.45) is 14.1 Å². The van der Waals surface area contributed by atoms with Crippen LogP contribution in [0.5, 0.6) is 5.75 Å². The van der Waals surface area contributed by atoms with E-state index in [9.17, 15) is 9.59 Å². The van der Waals surface area contributed by atoms with Gasteiger partial charge in [-0.05, 0) is 12.5 Å². The van der Waals surface area contributed by atoms with Gasteiger partial charge >= 0.3 is 0 Å². The van der Waals surface area contributed by atoms with Crippen LogP contribution in [0.4, 0.5) is 0 Å². The third-order valence-electron chi connectivity index (χ3n) is 5.07. The van der Waals surface area contributed by atoms with Crippen LogP contribution in [0, 0.1) is 0 Å².